The average Bonchev–Trinajstić information content (AvgIpc) is 2.26. The zero-order valence-electron chi connectivity index (χ0n) is 11.2. The largest absolute Gasteiger partial charge is 0.383 e. The SMILES string of the molecule is COCCN(CCC#N)C(=O)[C@H](N)C(C)(C)C. The van der Waals surface area contributed by atoms with Gasteiger partial charge in [0.25, 0.3) is 0 Å². The lowest BCUT2D eigenvalue weighted by atomic mass is 9.86. The Morgan fingerprint density at radius 2 is 2.06 bits per heavy atom. The van der Waals surface area contributed by atoms with E-state index in [4.69, 9.17) is 15.7 Å². The Kier molecular flexibility index (Phi) is 6.78. The van der Waals surface area contributed by atoms with Crippen LogP contribution in [0.4, 0.5) is 0 Å². The van der Waals surface area contributed by atoms with Crippen molar-refractivity contribution in [2.45, 2.75) is 33.2 Å². The Balaban J connectivity index is 4.56. The quantitative estimate of drug-likeness (QED) is 0.744. The average molecular weight is 241 g/mol. The van der Waals surface area contributed by atoms with Crippen molar-refractivity contribution in [3.05, 3.63) is 0 Å². The van der Waals surface area contributed by atoms with Gasteiger partial charge < -0.3 is 15.4 Å². The first-order valence-corrected chi connectivity index (χ1v) is 5.74. The summed E-state index contributed by atoms with van der Waals surface area (Å²) in [6, 6.07) is 1.47. The molecule has 5 nitrogen and oxygen atoms in total. The first-order valence-electron chi connectivity index (χ1n) is 5.74. The van der Waals surface area contributed by atoms with Gasteiger partial charge in [0.1, 0.15) is 0 Å². The molecule has 2 N–H and O–H groups in total. The number of nitrogens with zero attached hydrogens (tertiary/aromatic N) is 2. The number of nitriles is 1. The molecule has 0 radical (unpaired) electrons. The Labute approximate surface area is 104 Å². The number of hydrogen-bond donors (Lipinski definition) is 1. The second-order valence-electron chi connectivity index (χ2n) is 5.07. The van der Waals surface area contributed by atoms with Crippen LogP contribution in [-0.2, 0) is 9.53 Å². The maximum Gasteiger partial charge on any atom is 0.240 e. The van der Waals surface area contributed by atoms with Crippen LogP contribution in [0.2, 0.25) is 0 Å². The van der Waals surface area contributed by atoms with Crippen molar-refractivity contribution in [3.63, 3.8) is 0 Å². The summed E-state index contributed by atoms with van der Waals surface area (Å²) in [5, 5.41) is 8.57. The van der Waals surface area contributed by atoms with Crippen LogP contribution in [0.25, 0.3) is 0 Å². The van der Waals surface area contributed by atoms with Crippen molar-refractivity contribution in [2.75, 3.05) is 26.8 Å². The summed E-state index contributed by atoms with van der Waals surface area (Å²) in [4.78, 5) is 13.7. The second-order valence-corrected chi connectivity index (χ2v) is 5.07. The summed E-state index contributed by atoms with van der Waals surface area (Å²) in [6.07, 6.45) is 0.312. The van der Waals surface area contributed by atoms with Crippen molar-refractivity contribution in [3.8, 4) is 6.07 Å². The molecule has 1 amide bonds. The van der Waals surface area contributed by atoms with Gasteiger partial charge in [-0.3, -0.25) is 4.79 Å². The van der Waals surface area contributed by atoms with E-state index in [9.17, 15) is 4.79 Å². The number of carbonyl (C=O) groups is 1. The minimum atomic E-state index is -0.557. The van der Waals surface area contributed by atoms with Crippen LogP contribution in [-0.4, -0.2) is 43.7 Å². The Bertz CT molecular complexity index is 278. The molecule has 0 saturated heterocycles. The molecule has 0 aliphatic rings. The molecule has 0 aromatic carbocycles. The fourth-order valence-electron chi connectivity index (χ4n) is 1.29. The van der Waals surface area contributed by atoms with E-state index in [1.165, 1.54) is 0 Å². The molecule has 0 bridgehead atoms. The van der Waals surface area contributed by atoms with Crippen LogP contribution in [0.3, 0.4) is 0 Å². The second kappa shape index (κ2) is 7.25. The lowest BCUT2D eigenvalue weighted by Crippen LogP contribution is -2.51. The third-order valence-corrected chi connectivity index (χ3v) is 2.57. The molecule has 98 valence electrons. The van der Waals surface area contributed by atoms with Crippen molar-refractivity contribution in [1.29, 1.82) is 5.26 Å². The van der Waals surface area contributed by atoms with Gasteiger partial charge in [0.15, 0.2) is 0 Å². The first-order chi connectivity index (χ1) is 7.84. The predicted octanol–water partition coefficient (Wildman–Crippen LogP) is 0.748. The van der Waals surface area contributed by atoms with E-state index >= 15 is 0 Å². The van der Waals surface area contributed by atoms with Crippen molar-refractivity contribution >= 4 is 5.91 Å². The molecule has 0 aromatic heterocycles. The predicted molar refractivity (Wildman–Crippen MR) is 66.1 cm³/mol. The number of rotatable bonds is 6. The fraction of sp³-hybridized carbons (Fsp3) is 0.833. The molecule has 5 heteroatoms. The minimum absolute atomic E-state index is 0.121. The molecule has 0 unspecified atom stereocenters. The molecule has 0 saturated carbocycles. The van der Waals surface area contributed by atoms with Gasteiger partial charge in [-0.05, 0) is 5.41 Å². The topological polar surface area (TPSA) is 79.3 Å². The molecule has 0 spiro atoms. The van der Waals surface area contributed by atoms with E-state index in [0.29, 0.717) is 26.1 Å². The highest BCUT2D eigenvalue weighted by Crippen LogP contribution is 2.19. The van der Waals surface area contributed by atoms with Crippen LogP contribution in [0, 0.1) is 16.7 Å². The molecule has 0 aromatic rings. The summed E-state index contributed by atoms with van der Waals surface area (Å²) in [7, 11) is 1.58. The Hall–Kier alpha value is -1.12. The monoisotopic (exact) mass is 241 g/mol. The van der Waals surface area contributed by atoms with Crippen LogP contribution in [0.5, 0.6) is 0 Å². The van der Waals surface area contributed by atoms with E-state index in [2.05, 4.69) is 0 Å². The summed E-state index contributed by atoms with van der Waals surface area (Å²) in [5.41, 5.74) is 5.64. The van der Waals surface area contributed by atoms with Crippen LogP contribution >= 0.6 is 0 Å². The van der Waals surface area contributed by atoms with E-state index in [0.717, 1.165) is 0 Å². The fourth-order valence-corrected chi connectivity index (χ4v) is 1.29. The highest BCUT2D eigenvalue weighted by atomic mass is 16.5. The Morgan fingerprint density at radius 1 is 1.47 bits per heavy atom. The van der Waals surface area contributed by atoms with Gasteiger partial charge in [-0.15, -0.1) is 0 Å². The molecule has 0 fully saturated rings. The van der Waals surface area contributed by atoms with Gasteiger partial charge in [-0.2, -0.15) is 5.26 Å². The normalized spacial score (nSPS) is 12.9. The van der Waals surface area contributed by atoms with Crippen molar-refractivity contribution in [2.24, 2.45) is 11.1 Å². The number of carbonyl (C=O) groups excluding carboxylic acids is 1. The van der Waals surface area contributed by atoms with Gasteiger partial charge in [-0.1, -0.05) is 20.8 Å². The summed E-state index contributed by atoms with van der Waals surface area (Å²) in [6.45, 7) is 7.11. The van der Waals surface area contributed by atoms with E-state index in [-0.39, 0.29) is 11.3 Å². The minimum Gasteiger partial charge on any atom is -0.383 e. The molecule has 0 heterocycles. The molecule has 0 aliphatic carbocycles. The van der Waals surface area contributed by atoms with Crippen LogP contribution < -0.4 is 5.73 Å². The standard InChI is InChI=1S/C12H23N3O2/c1-12(2,3)10(14)11(16)15(7-5-6-13)8-9-17-4/h10H,5,7-9,14H2,1-4H3/t10-/m0/s1. The molecule has 17 heavy (non-hydrogen) atoms. The third-order valence-electron chi connectivity index (χ3n) is 2.57. The zero-order chi connectivity index (χ0) is 13.5. The third kappa shape index (κ3) is 5.66. The number of methoxy groups -OCH3 is 1. The van der Waals surface area contributed by atoms with Crippen LogP contribution in [0.1, 0.15) is 27.2 Å². The number of hydrogen-bond acceptors (Lipinski definition) is 4. The molecule has 0 aliphatic heterocycles. The summed E-state index contributed by atoms with van der Waals surface area (Å²) >= 11 is 0. The summed E-state index contributed by atoms with van der Waals surface area (Å²) in [5.74, 6) is -0.121. The first kappa shape index (κ1) is 15.9. The maximum atomic E-state index is 12.1. The van der Waals surface area contributed by atoms with Gasteiger partial charge in [0.2, 0.25) is 5.91 Å². The lowest BCUT2D eigenvalue weighted by molar-refractivity contribution is -0.135. The van der Waals surface area contributed by atoms with E-state index in [1.54, 1.807) is 12.0 Å². The van der Waals surface area contributed by atoms with Gasteiger partial charge >= 0.3 is 0 Å². The number of ether oxygens (including phenoxy) is 1. The number of nitrogens with two attached hydrogens (primary N) is 1. The highest BCUT2D eigenvalue weighted by molar-refractivity contribution is 5.82. The van der Waals surface area contributed by atoms with Crippen molar-refractivity contribution in [1.82, 2.24) is 4.90 Å². The Morgan fingerprint density at radius 3 is 2.47 bits per heavy atom. The zero-order valence-corrected chi connectivity index (χ0v) is 11.2. The molecular weight excluding hydrogens is 218 g/mol. The van der Waals surface area contributed by atoms with Gasteiger partial charge in [0.05, 0.1) is 25.1 Å². The maximum absolute atomic E-state index is 12.1. The summed E-state index contributed by atoms with van der Waals surface area (Å²) < 4.78 is 4.95. The number of amides is 1. The highest BCUT2D eigenvalue weighted by Gasteiger charge is 2.30. The molecule has 0 rings (SSSR count). The van der Waals surface area contributed by atoms with E-state index < -0.39 is 6.04 Å². The van der Waals surface area contributed by atoms with Gasteiger partial charge in [0, 0.05) is 20.2 Å². The smallest absolute Gasteiger partial charge is 0.240 e. The van der Waals surface area contributed by atoms with E-state index in [1.807, 2.05) is 26.8 Å². The molecular formula is C12H23N3O2. The van der Waals surface area contributed by atoms with Gasteiger partial charge in [-0.25, -0.2) is 0 Å². The van der Waals surface area contributed by atoms with Crippen molar-refractivity contribution < 1.29 is 9.53 Å². The molecule has 1 atom stereocenters. The lowest BCUT2D eigenvalue weighted by Gasteiger charge is -2.31. The van der Waals surface area contributed by atoms with Crippen LogP contribution in [0.15, 0.2) is 0 Å².